The maximum Gasteiger partial charge on any atom is 0.148 e. The quantitative estimate of drug-likeness (QED) is 0.868. The van der Waals surface area contributed by atoms with Crippen LogP contribution in [0.5, 0.6) is 5.75 Å². The summed E-state index contributed by atoms with van der Waals surface area (Å²) in [7, 11) is 0. The summed E-state index contributed by atoms with van der Waals surface area (Å²) in [6.07, 6.45) is 3.53. The lowest BCUT2D eigenvalue weighted by Crippen LogP contribution is -2.00. The molecule has 1 aliphatic heterocycles. The average Bonchev–Trinajstić information content (AvgIpc) is 2.91. The van der Waals surface area contributed by atoms with Crippen LogP contribution in [-0.2, 0) is 6.42 Å². The largest absolute Gasteiger partial charge is 0.493 e. The second-order valence-electron chi connectivity index (χ2n) is 5.01. The molecule has 0 atom stereocenters. The molecule has 1 aliphatic carbocycles. The molecule has 4 nitrogen and oxygen atoms in total. The zero-order valence-electron chi connectivity index (χ0n) is 10.1. The van der Waals surface area contributed by atoms with E-state index in [1.54, 1.807) is 0 Å². The van der Waals surface area contributed by atoms with E-state index >= 15 is 0 Å². The van der Waals surface area contributed by atoms with Crippen LogP contribution in [0.4, 0.5) is 5.82 Å². The molecule has 1 aromatic heterocycles. The zero-order chi connectivity index (χ0) is 11.9. The topological polar surface area (TPSA) is 49.9 Å². The Balaban J connectivity index is 1.63. The molecule has 4 rings (SSSR count). The van der Waals surface area contributed by atoms with Gasteiger partial charge in [-0.3, -0.25) is 5.10 Å². The van der Waals surface area contributed by atoms with Crippen LogP contribution in [-0.4, -0.2) is 22.8 Å². The van der Waals surface area contributed by atoms with Crippen LogP contribution < -0.4 is 10.1 Å². The molecule has 1 saturated carbocycles. The molecule has 0 radical (unpaired) electrons. The van der Waals surface area contributed by atoms with Crippen molar-refractivity contribution in [3.8, 4) is 17.0 Å². The number of nitrogens with zero attached hydrogens (tertiary/aromatic N) is 1. The van der Waals surface area contributed by atoms with Crippen LogP contribution in [0.15, 0.2) is 24.3 Å². The lowest BCUT2D eigenvalue weighted by molar-refractivity contribution is 0.357. The Hall–Kier alpha value is -1.97. The summed E-state index contributed by atoms with van der Waals surface area (Å²) in [6, 6.07) is 9.03. The van der Waals surface area contributed by atoms with Crippen LogP contribution in [0.25, 0.3) is 11.3 Å². The van der Waals surface area contributed by atoms with Gasteiger partial charge in [0, 0.05) is 24.1 Å². The standard InChI is InChI=1S/C14H15N3O/c1-4-13-10(5-6-18-13)7-9(1)12-8-14(17-16-12)15-11-2-3-11/h1,4,7-8,11H,2-3,5-6H2,(H2,15,16,17). The third-order valence-electron chi connectivity index (χ3n) is 3.51. The number of benzene rings is 1. The SMILES string of the molecule is c1cc2c(cc1-c1cc(NC3CC3)n[nH]1)CCO2. The van der Waals surface area contributed by atoms with E-state index in [1.807, 2.05) is 6.07 Å². The maximum absolute atomic E-state index is 5.52. The van der Waals surface area contributed by atoms with Crippen molar-refractivity contribution >= 4 is 5.82 Å². The Kier molecular flexibility index (Phi) is 2.09. The van der Waals surface area contributed by atoms with Crippen molar-refractivity contribution in [2.45, 2.75) is 25.3 Å². The monoisotopic (exact) mass is 241 g/mol. The number of aromatic amines is 1. The molecule has 2 aromatic rings. The third kappa shape index (κ3) is 1.74. The Morgan fingerprint density at radius 3 is 3.11 bits per heavy atom. The van der Waals surface area contributed by atoms with Crippen molar-refractivity contribution in [3.63, 3.8) is 0 Å². The number of aromatic nitrogens is 2. The Morgan fingerprint density at radius 1 is 1.28 bits per heavy atom. The first-order chi connectivity index (χ1) is 8.88. The molecule has 18 heavy (non-hydrogen) atoms. The van der Waals surface area contributed by atoms with Gasteiger partial charge < -0.3 is 10.1 Å². The minimum absolute atomic E-state index is 0.634. The number of rotatable bonds is 3. The number of hydrogen-bond acceptors (Lipinski definition) is 3. The van der Waals surface area contributed by atoms with E-state index in [-0.39, 0.29) is 0 Å². The minimum Gasteiger partial charge on any atom is -0.493 e. The highest BCUT2D eigenvalue weighted by Gasteiger charge is 2.22. The number of anilines is 1. The van der Waals surface area contributed by atoms with Crippen LogP contribution in [0.2, 0.25) is 0 Å². The van der Waals surface area contributed by atoms with E-state index in [0.717, 1.165) is 30.3 Å². The Bertz CT molecular complexity index is 586. The summed E-state index contributed by atoms with van der Waals surface area (Å²) in [6.45, 7) is 0.802. The van der Waals surface area contributed by atoms with Gasteiger partial charge in [0.05, 0.1) is 12.3 Å². The molecule has 92 valence electrons. The number of H-pyrrole nitrogens is 1. The fourth-order valence-electron chi connectivity index (χ4n) is 2.33. The van der Waals surface area contributed by atoms with Gasteiger partial charge in [-0.15, -0.1) is 0 Å². The lowest BCUT2D eigenvalue weighted by atomic mass is 10.1. The first kappa shape index (κ1) is 10.00. The summed E-state index contributed by atoms with van der Waals surface area (Å²) in [4.78, 5) is 0. The highest BCUT2D eigenvalue weighted by Crippen LogP contribution is 2.31. The lowest BCUT2D eigenvalue weighted by Gasteiger charge is -2.01. The van der Waals surface area contributed by atoms with Crippen molar-refractivity contribution in [2.75, 3.05) is 11.9 Å². The molecule has 0 unspecified atom stereocenters. The average molecular weight is 241 g/mol. The van der Waals surface area contributed by atoms with Crippen molar-refractivity contribution in [1.29, 1.82) is 0 Å². The Morgan fingerprint density at radius 2 is 2.22 bits per heavy atom. The van der Waals surface area contributed by atoms with Crippen molar-refractivity contribution in [2.24, 2.45) is 0 Å². The molecule has 0 bridgehead atoms. The van der Waals surface area contributed by atoms with Crippen molar-refractivity contribution in [3.05, 3.63) is 29.8 Å². The molecule has 1 fully saturated rings. The second-order valence-corrected chi connectivity index (χ2v) is 5.01. The highest BCUT2D eigenvalue weighted by atomic mass is 16.5. The van der Waals surface area contributed by atoms with E-state index in [0.29, 0.717) is 6.04 Å². The van der Waals surface area contributed by atoms with E-state index in [2.05, 4.69) is 33.7 Å². The van der Waals surface area contributed by atoms with Gasteiger partial charge in [-0.05, 0) is 36.6 Å². The molecule has 4 heteroatoms. The number of nitrogens with one attached hydrogen (secondary N) is 2. The number of ether oxygens (including phenoxy) is 1. The van der Waals surface area contributed by atoms with E-state index in [4.69, 9.17) is 4.74 Å². The van der Waals surface area contributed by atoms with Gasteiger partial charge in [0.15, 0.2) is 0 Å². The first-order valence-corrected chi connectivity index (χ1v) is 6.46. The molecule has 2 heterocycles. The molecular formula is C14H15N3O. The Labute approximate surface area is 105 Å². The predicted octanol–water partition coefficient (Wildman–Crippen LogP) is 2.59. The van der Waals surface area contributed by atoms with Crippen molar-refractivity contribution < 1.29 is 4.74 Å². The van der Waals surface area contributed by atoms with Gasteiger partial charge in [0.25, 0.3) is 0 Å². The van der Waals surface area contributed by atoms with Crippen LogP contribution in [0, 0.1) is 0 Å². The van der Waals surface area contributed by atoms with Crippen molar-refractivity contribution in [1.82, 2.24) is 10.2 Å². The number of fused-ring (bicyclic) bond motifs is 1. The molecule has 0 saturated heterocycles. The molecule has 0 amide bonds. The number of hydrogen-bond donors (Lipinski definition) is 2. The minimum atomic E-state index is 0.634. The summed E-state index contributed by atoms with van der Waals surface area (Å²) >= 11 is 0. The predicted molar refractivity (Wildman–Crippen MR) is 69.9 cm³/mol. The van der Waals surface area contributed by atoms with Crippen LogP contribution >= 0.6 is 0 Å². The highest BCUT2D eigenvalue weighted by molar-refractivity contribution is 5.65. The third-order valence-corrected chi connectivity index (χ3v) is 3.51. The van der Waals surface area contributed by atoms with E-state index < -0.39 is 0 Å². The van der Waals surface area contributed by atoms with Gasteiger partial charge in [0.2, 0.25) is 0 Å². The molecular weight excluding hydrogens is 226 g/mol. The smallest absolute Gasteiger partial charge is 0.148 e. The normalized spacial score (nSPS) is 17.3. The second kappa shape index (κ2) is 3.77. The fraction of sp³-hybridized carbons (Fsp3) is 0.357. The van der Waals surface area contributed by atoms with E-state index in [9.17, 15) is 0 Å². The van der Waals surface area contributed by atoms with Gasteiger partial charge in [-0.1, -0.05) is 0 Å². The van der Waals surface area contributed by atoms with Gasteiger partial charge in [-0.2, -0.15) is 5.10 Å². The first-order valence-electron chi connectivity index (χ1n) is 6.46. The molecule has 0 spiro atoms. The van der Waals surface area contributed by atoms with Gasteiger partial charge >= 0.3 is 0 Å². The zero-order valence-corrected chi connectivity index (χ0v) is 10.1. The summed E-state index contributed by atoms with van der Waals surface area (Å²) in [5.41, 5.74) is 3.53. The summed E-state index contributed by atoms with van der Waals surface area (Å²) in [5, 5.41) is 10.8. The fourth-order valence-corrected chi connectivity index (χ4v) is 2.33. The van der Waals surface area contributed by atoms with E-state index in [1.165, 1.54) is 24.0 Å². The van der Waals surface area contributed by atoms with Gasteiger partial charge in [-0.25, -0.2) is 0 Å². The summed E-state index contributed by atoms with van der Waals surface area (Å²) < 4.78 is 5.52. The molecule has 1 aromatic carbocycles. The van der Waals surface area contributed by atoms with Crippen LogP contribution in [0.1, 0.15) is 18.4 Å². The van der Waals surface area contributed by atoms with Crippen LogP contribution in [0.3, 0.4) is 0 Å². The molecule has 2 N–H and O–H groups in total. The molecule has 2 aliphatic rings. The van der Waals surface area contributed by atoms with Gasteiger partial charge in [0.1, 0.15) is 11.6 Å². The maximum atomic E-state index is 5.52. The summed E-state index contributed by atoms with van der Waals surface area (Å²) in [5.74, 6) is 1.97.